The van der Waals surface area contributed by atoms with Crippen molar-refractivity contribution in [2.75, 3.05) is 13.1 Å². The fourth-order valence-corrected chi connectivity index (χ4v) is 3.16. The number of hydrogen-bond acceptors (Lipinski definition) is 2. The van der Waals surface area contributed by atoms with Crippen LogP contribution in [-0.2, 0) is 6.42 Å². The van der Waals surface area contributed by atoms with Gasteiger partial charge in [-0.15, -0.1) is 11.3 Å². The lowest BCUT2D eigenvalue weighted by molar-refractivity contribution is 0.585. The van der Waals surface area contributed by atoms with Gasteiger partial charge < -0.3 is 5.32 Å². The minimum absolute atomic E-state index is 1.11. The maximum atomic E-state index is 3.51. The number of hydrogen-bond donors (Lipinski definition) is 1. The summed E-state index contributed by atoms with van der Waals surface area (Å²) in [5, 5.41) is 3.51. The van der Waals surface area contributed by atoms with E-state index in [-0.39, 0.29) is 0 Å². The first-order chi connectivity index (χ1) is 7.83. The third-order valence-corrected chi connectivity index (χ3v) is 4.32. The summed E-state index contributed by atoms with van der Waals surface area (Å²) < 4.78 is 1.24. The molecule has 0 radical (unpaired) electrons. The lowest BCUT2D eigenvalue weighted by atomic mass is 10.1. The molecule has 1 heterocycles. The maximum Gasteiger partial charge on any atom is 0.0701 e. The van der Waals surface area contributed by atoms with E-state index in [1.54, 1.807) is 0 Å². The molecule has 0 aliphatic rings. The summed E-state index contributed by atoms with van der Waals surface area (Å²) in [5.41, 5.74) is 0. The molecule has 0 saturated heterocycles. The zero-order chi connectivity index (χ0) is 11.6. The number of nitrogens with one attached hydrogen (secondary N) is 1. The van der Waals surface area contributed by atoms with E-state index in [1.165, 1.54) is 47.3 Å². The van der Waals surface area contributed by atoms with Crippen molar-refractivity contribution in [3.05, 3.63) is 20.8 Å². The number of thiophene rings is 1. The van der Waals surface area contributed by atoms with Gasteiger partial charge in [0, 0.05) is 4.88 Å². The molecule has 0 unspecified atom stereocenters. The molecule has 1 nitrogen and oxygen atoms in total. The minimum atomic E-state index is 1.11. The smallest absolute Gasteiger partial charge is 0.0701 e. The van der Waals surface area contributed by atoms with Crippen LogP contribution >= 0.6 is 27.3 Å². The molecular formula is C13H22BrNS. The van der Waals surface area contributed by atoms with Crippen molar-refractivity contribution in [1.82, 2.24) is 5.32 Å². The van der Waals surface area contributed by atoms with Gasteiger partial charge in [-0.1, -0.05) is 32.6 Å². The molecule has 0 amide bonds. The summed E-state index contributed by atoms with van der Waals surface area (Å²) >= 11 is 5.33. The molecule has 0 fully saturated rings. The van der Waals surface area contributed by atoms with Gasteiger partial charge in [0.15, 0.2) is 0 Å². The quantitative estimate of drug-likeness (QED) is 0.657. The number of halogens is 1. The third kappa shape index (κ3) is 6.66. The van der Waals surface area contributed by atoms with E-state index in [2.05, 4.69) is 40.3 Å². The van der Waals surface area contributed by atoms with Crippen LogP contribution in [-0.4, -0.2) is 13.1 Å². The Morgan fingerprint density at radius 2 is 1.94 bits per heavy atom. The summed E-state index contributed by atoms with van der Waals surface area (Å²) in [6.45, 7) is 4.55. The summed E-state index contributed by atoms with van der Waals surface area (Å²) in [6.07, 6.45) is 7.99. The van der Waals surface area contributed by atoms with E-state index in [0.717, 1.165) is 13.0 Å². The Morgan fingerprint density at radius 1 is 1.12 bits per heavy atom. The molecule has 16 heavy (non-hydrogen) atoms. The van der Waals surface area contributed by atoms with E-state index >= 15 is 0 Å². The molecule has 0 bridgehead atoms. The van der Waals surface area contributed by atoms with Crippen molar-refractivity contribution >= 4 is 27.3 Å². The molecular weight excluding hydrogens is 282 g/mol. The summed E-state index contributed by atoms with van der Waals surface area (Å²) in [7, 11) is 0. The zero-order valence-electron chi connectivity index (χ0n) is 10.1. The van der Waals surface area contributed by atoms with Crippen LogP contribution in [0.1, 0.15) is 43.9 Å². The van der Waals surface area contributed by atoms with Gasteiger partial charge in [-0.25, -0.2) is 0 Å². The minimum Gasteiger partial charge on any atom is -0.316 e. The second-order valence-electron chi connectivity index (χ2n) is 4.12. The Kier molecular flexibility index (Phi) is 8.17. The van der Waals surface area contributed by atoms with E-state index in [4.69, 9.17) is 0 Å². The number of rotatable bonds is 9. The van der Waals surface area contributed by atoms with E-state index in [1.807, 2.05) is 11.3 Å². The fourth-order valence-electron chi connectivity index (χ4n) is 1.68. The standard InChI is InChI=1S/C13H22BrNS/c1-2-3-4-5-6-10-15-11-9-12-7-8-13(14)16-12/h7-8,15H,2-6,9-11H2,1H3. The lowest BCUT2D eigenvalue weighted by Crippen LogP contribution is -2.18. The zero-order valence-corrected chi connectivity index (χ0v) is 12.5. The average Bonchev–Trinajstić information content (AvgIpc) is 2.68. The molecule has 0 atom stereocenters. The first kappa shape index (κ1) is 14.2. The summed E-state index contributed by atoms with van der Waals surface area (Å²) in [5.74, 6) is 0. The van der Waals surface area contributed by atoms with Crippen LogP contribution in [0.4, 0.5) is 0 Å². The Balaban J connectivity index is 1.88. The first-order valence-electron chi connectivity index (χ1n) is 6.28. The lowest BCUT2D eigenvalue weighted by Gasteiger charge is -2.03. The van der Waals surface area contributed by atoms with Gasteiger partial charge in [0.25, 0.3) is 0 Å². The fraction of sp³-hybridized carbons (Fsp3) is 0.692. The second-order valence-corrected chi connectivity index (χ2v) is 6.67. The predicted molar refractivity (Wildman–Crippen MR) is 77.4 cm³/mol. The van der Waals surface area contributed by atoms with Crippen molar-refractivity contribution in [2.45, 2.75) is 45.4 Å². The third-order valence-electron chi connectivity index (χ3n) is 2.63. The van der Waals surface area contributed by atoms with Crippen molar-refractivity contribution in [3.63, 3.8) is 0 Å². The highest BCUT2D eigenvalue weighted by Gasteiger charge is 1.96. The highest BCUT2D eigenvalue weighted by atomic mass is 79.9. The van der Waals surface area contributed by atoms with Gasteiger partial charge in [0.2, 0.25) is 0 Å². The van der Waals surface area contributed by atoms with Gasteiger partial charge >= 0.3 is 0 Å². The first-order valence-corrected chi connectivity index (χ1v) is 7.89. The van der Waals surface area contributed by atoms with Crippen LogP contribution < -0.4 is 5.32 Å². The Morgan fingerprint density at radius 3 is 2.62 bits per heavy atom. The second kappa shape index (κ2) is 9.20. The van der Waals surface area contributed by atoms with Crippen molar-refractivity contribution in [1.29, 1.82) is 0 Å². The van der Waals surface area contributed by atoms with Crippen molar-refractivity contribution in [3.8, 4) is 0 Å². The van der Waals surface area contributed by atoms with Crippen LogP contribution in [0.15, 0.2) is 15.9 Å². The van der Waals surface area contributed by atoms with Crippen LogP contribution in [0.25, 0.3) is 0 Å². The van der Waals surface area contributed by atoms with Crippen LogP contribution in [0.3, 0.4) is 0 Å². The Hall–Kier alpha value is 0.140. The van der Waals surface area contributed by atoms with Gasteiger partial charge in [-0.2, -0.15) is 0 Å². The SMILES string of the molecule is CCCCCCCNCCc1ccc(Br)s1. The molecule has 0 aliphatic heterocycles. The van der Waals surface area contributed by atoms with Crippen molar-refractivity contribution < 1.29 is 0 Å². The van der Waals surface area contributed by atoms with E-state index in [0.29, 0.717) is 0 Å². The van der Waals surface area contributed by atoms with Crippen molar-refractivity contribution in [2.24, 2.45) is 0 Å². The molecule has 1 aromatic rings. The molecule has 3 heteroatoms. The van der Waals surface area contributed by atoms with Crippen LogP contribution in [0.5, 0.6) is 0 Å². The highest BCUT2D eigenvalue weighted by molar-refractivity contribution is 9.11. The molecule has 1 N–H and O–H groups in total. The normalized spacial score (nSPS) is 10.9. The maximum absolute atomic E-state index is 3.51. The van der Waals surface area contributed by atoms with Gasteiger partial charge in [-0.05, 0) is 54.0 Å². The van der Waals surface area contributed by atoms with E-state index < -0.39 is 0 Å². The van der Waals surface area contributed by atoms with Gasteiger partial charge in [0.05, 0.1) is 3.79 Å². The summed E-state index contributed by atoms with van der Waals surface area (Å²) in [4.78, 5) is 1.46. The van der Waals surface area contributed by atoms with Gasteiger partial charge in [-0.3, -0.25) is 0 Å². The molecule has 1 aromatic heterocycles. The molecule has 0 aliphatic carbocycles. The van der Waals surface area contributed by atoms with Gasteiger partial charge in [0.1, 0.15) is 0 Å². The topological polar surface area (TPSA) is 12.0 Å². The molecule has 0 saturated carbocycles. The number of unbranched alkanes of at least 4 members (excludes halogenated alkanes) is 4. The van der Waals surface area contributed by atoms with E-state index in [9.17, 15) is 0 Å². The highest BCUT2D eigenvalue weighted by Crippen LogP contribution is 2.21. The molecule has 1 rings (SSSR count). The Labute approximate surface area is 112 Å². The molecule has 0 aromatic carbocycles. The summed E-state index contributed by atoms with van der Waals surface area (Å²) in [6, 6.07) is 4.34. The molecule has 0 spiro atoms. The monoisotopic (exact) mass is 303 g/mol. The predicted octanol–water partition coefficient (Wildman–Crippen LogP) is 4.61. The van der Waals surface area contributed by atoms with Crippen LogP contribution in [0.2, 0.25) is 0 Å². The largest absolute Gasteiger partial charge is 0.316 e. The average molecular weight is 304 g/mol. The Bertz CT molecular complexity index is 273. The molecule has 92 valence electrons. The van der Waals surface area contributed by atoms with Crippen LogP contribution in [0, 0.1) is 0 Å².